The Hall–Kier alpha value is -1.00. The van der Waals surface area contributed by atoms with E-state index in [2.05, 4.69) is 5.32 Å². The van der Waals surface area contributed by atoms with Crippen LogP contribution in [0.25, 0.3) is 0 Å². The van der Waals surface area contributed by atoms with Crippen LogP contribution < -0.4 is 5.32 Å². The highest BCUT2D eigenvalue weighted by molar-refractivity contribution is 5.23. The van der Waals surface area contributed by atoms with Crippen LogP contribution in [0.2, 0.25) is 0 Å². The van der Waals surface area contributed by atoms with E-state index in [0.717, 1.165) is 25.8 Å². The molecule has 2 atom stereocenters. The van der Waals surface area contributed by atoms with Crippen molar-refractivity contribution in [3.8, 4) is 0 Å². The van der Waals surface area contributed by atoms with Gasteiger partial charge in [0.2, 0.25) is 0 Å². The van der Waals surface area contributed by atoms with Crippen molar-refractivity contribution in [1.29, 1.82) is 0 Å². The molecule has 1 aromatic rings. The topological polar surface area (TPSA) is 32.3 Å². The SMILES string of the molecule is OC(c1c(F)cccc1F)C1CCCCN1. The molecule has 2 nitrogen and oxygen atoms in total. The van der Waals surface area contributed by atoms with Gasteiger partial charge in [-0.15, -0.1) is 0 Å². The Kier molecular flexibility index (Phi) is 3.51. The Labute approximate surface area is 93.3 Å². The van der Waals surface area contributed by atoms with E-state index >= 15 is 0 Å². The number of nitrogens with one attached hydrogen (secondary N) is 1. The van der Waals surface area contributed by atoms with Gasteiger partial charge in [-0.05, 0) is 31.5 Å². The standard InChI is InChI=1S/C12H15F2NO/c13-8-4-3-5-9(14)11(8)12(16)10-6-1-2-7-15-10/h3-5,10,12,15-16H,1-2,6-7H2. The van der Waals surface area contributed by atoms with Gasteiger partial charge in [-0.25, -0.2) is 8.78 Å². The number of hydrogen-bond acceptors (Lipinski definition) is 2. The Morgan fingerprint density at radius 2 is 1.94 bits per heavy atom. The van der Waals surface area contributed by atoms with Crippen LogP contribution in [0.15, 0.2) is 18.2 Å². The summed E-state index contributed by atoms with van der Waals surface area (Å²) >= 11 is 0. The number of piperidine rings is 1. The van der Waals surface area contributed by atoms with Gasteiger partial charge in [0, 0.05) is 6.04 Å². The van der Waals surface area contributed by atoms with Crippen LogP contribution in [0.5, 0.6) is 0 Å². The Morgan fingerprint density at radius 1 is 1.25 bits per heavy atom. The minimum Gasteiger partial charge on any atom is -0.387 e. The van der Waals surface area contributed by atoms with Crippen molar-refractivity contribution in [2.24, 2.45) is 0 Å². The number of hydrogen-bond donors (Lipinski definition) is 2. The second kappa shape index (κ2) is 4.89. The van der Waals surface area contributed by atoms with Gasteiger partial charge in [-0.2, -0.15) is 0 Å². The zero-order valence-corrected chi connectivity index (χ0v) is 8.92. The molecule has 16 heavy (non-hydrogen) atoms. The fourth-order valence-corrected chi connectivity index (χ4v) is 2.14. The maximum atomic E-state index is 13.4. The van der Waals surface area contributed by atoms with E-state index < -0.39 is 17.7 Å². The molecule has 1 heterocycles. The lowest BCUT2D eigenvalue weighted by molar-refractivity contribution is 0.106. The predicted octanol–water partition coefficient (Wildman–Crippen LogP) is 2.14. The van der Waals surface area contributed by atoms with E-state index in [1.165, 1.54) is 18.2 Å². The van der Waals surface area contributed by atoms with Crippen LogP contribution in [0.3, 0.4) is 0 Å². The number of aliphatic hydroxyl groups excluding tert-OH is 1. The highest BCUT2D eigenvalue weighted by Gasteiger charge is 2.27. The molecule has 1 aromatic carbocycles. The van der Waals surface area contributed by atoms with Crippen molar-refractivity contribution >= 4 is 0 Å². The number of rotatable bonds is 2. The van der Waals surface area contributed by atoms with Gasteiger partial charge in [-0.3, -0.25) is 0 Å². The lowest BCUT2D eigenvalue weighted by Gasteiger charge is -2.28. The highest BCUT2D eigenvalue weighted by atomic mass is 19.1. The molecule has 0 amide bonds. The summed E-state index contributed by atoms with van der Waals surface area (Å²) in [5.41, 5.74) is -0.220. The van der Waals surface area contributed by atoms with E-state index in [0.29, 0.717) is 0 Å². The van der Waals surface area contributed by atoms with Gasteiger partial charge in [0.05, 0.1) is 11.7 Å². The van der Waals surface area contributed by atoms with E-state index in [1.54, 1.807) is 0 Å². The van der Waals surface area contributed by atoms with Crippen LogP contribution in [0, 0.1) is 11.6 Å². The third-order valence-electron chi connectivity index (χ3n) is 3.03. The maximum absolute atomic E-state index is 13.4. The zero-order valence-electron chi connectivity index (χ0n) is 8.92. The molecule has 1 aliphatic heterocycles. The second-order valence-electron chi connectivity index (χ2n) is 4.14. The number of aliphatic hydroxyl groups is 1. The summed E-state index contributed by atoms with van der Waals surface area (Å²) in [5.74, 6) is -1.36. The van der Waals surface area contributed by atoms with Gasteiger partial charge in [-0.1, -0.05) is 12.5 Å². The van der Waals surface area contributed by atoms with E-state index in [-0.39, 0.29) is 11.6 Å². The molecule has 0 radical (unpaired) electrons. The molecule has 2 N–H and O–H groups in total. The smallest absolute Gasteiger partial charge is 0.132 e. The average molecular weight is 227 g/mol. The first-order valence-corrected chi connectivity index (χ1v) is 5.55. The molecule has 88 valence electrons. The average Bonchev–Trinajstić information content (AvgIpc) is 2.30. The molecule has 1 aliphatic rings. The summed E-state index contributed by atoms with van der Waals surface area (Å²) in [5, 5.41) is 13.1. The van der Waals surface area contributed by atoms with Crippen molar-refractivity contribution < 1.29 is 13.9 Å². The van der Waals surface area contributed by atoms with Crippen LogP contribution in [-0.2, 0) is 0 Å². The fourth-order valence-electron chi connectivity index (χ4n) is 2.14. The molecule has 0 aliphatic carbocycles. The largest absolute Gasteiger partial charge is 0.387 e. The summed E-state index contributed by atoms with van der Waals surface area (Å²) in [4.78, 5) is 0. The first-order chi connectivity index (χ1) is 7.70. The minimum atomic E-state index is -1.11. The molecular weight excluding hydrogens is 212 g/mol. The summed E-state index contributed by atoms with van der Waals surface area (Å²) in [6, 6.07) is 3.39. The van der Waals surface area contributed by atoms with E-state index in [1.807, 2.05) is 0 Å². The molecule has 4 heteroatoms. The van der Waals surface area contributed by atoms with E-state index in [4.69, 9.17) is 0 Å². The van der Waals surface area contributed by atoms with Gasteiger partial charge in [0.15, 0.2) is 0 Å². The molecule has 0 saturated carbocycles. The molecule has 0 spiro atoms. The van der Waals surface area contributed by atoms with Crippen LogP contribution >= 0.6 is 0 Å². The molecule has 0 aromatic heterocycles. The predicted molar refractivity (Wildman–Crippen MR) is 57.0 cm³/mol. The third-order valence-corrected chi connectivity index (χ3v) is 3.03. The fraction of sp³-hybridized carbons (Fsp3) is 0.500. The number of halogens is 2. The molecular formula is C12H15F2NO. The first-order valence-electron chi connectivity index (χ1n) is 5.55. The summed E-state index contributed by atoms with van der Waals surface area (Å²) in [7, 11) is 0. The Morgan fingerprint density at radius 3 is 2.50 bits per heavy atom. The van der Waals surface area contributed by atoms with Gasteiger partial charge >= 0.3 is 0 Å². The molecule has 2 unspecified atom stereocenters. The summed E-state index contributed by atoms with van der Waals surface area (Å²) < 4.78 is 26.9. The van der Waals surface area contributed by atoms with Gasteiger partial charge in [0.25, 0.3) is 0 Å². The summed E-state index contributed by atoms with van der Waals surface area (Å²) in [6.45, 7) is 0.789. The van der Waals surface area contributed by atoms with Crippen LogP contribution in [0.4, 0.5) is 8.78 Å². The van der Waals surface area contributed by atoms with Crippen LogP contribution in [-0.4, -0.2) is 17.7 Å². The lowest BCUT2D eigenvalue weighted by Crippen LogP contribution is -2.39. The molecule has 2 rings (SSSR count). The third kappa shape index (κ3) is 2.23. The maximum Gasteiger partial charge on any atom is 0.132 e. The van der Waals surface area contributed by atoms with Gasteiger partial charge < -0.3 is 10.4 Å². The highest BCUT2D eigenvalue weighted by Crippen LogP contribution is 2.26. The minimum absolute atomic E-state index is 0.220. The van der Waals surface area contributed by atoms with Gasteiger partial charge in [0.1, 0.15) is 11.6 Å². The number of benzene rings is 1. The first kappa shape index (κ1) is 11.5. The Bertz CT molecular complexity index is 344. The lowest BCUT2D eigenvalue weighted by atomic mass is 9.94. The summed E-state index contributed by atoms with van der Waals surface area (Å²) in [6.07, 6.45) is 1.66. The van der Waals surface area contributed by atoms with Crippen molar-refractivity contribution in [2.45, 2.75) is 31.4 Å². The second-order valence-corrected chi connectivity index (χ2v) is 4.14. The quantitative estimate of drug-likeness (QED) is 0.811. The monoisotopic (exact) mass is 227 g/mol. The van der Waals surface area contributed by atoms with Crippen molar-refractivity contribution in [2.75, 3.05) is 6.54 Å². The van der Waals surface area contributed by atoms with Crippen molar-refractivity contribution in [3.63, 3.8) is 0 Å². The van der Waals surface area contributed by atoms with E-state index in [9.17, 15) is 13.9 Å². The van der Waals surface area contributed by atoms with Crippen molar-refractivity contribution in [3.05, 3.63) is 35.4 Å². The van der Waals surface area contributed by atoms with Crippen LogP contribution in [0.1, 0.15) is 30.9 Å². The Balaban J connectivity index is 2.22. The normalized spacial score (nSPS) is 23.1. The molecule has 1 saturated heterocycles. The molecule has 0 bridgehead atoms. The van der Waals surface area contributed by atoms with Crippen molar-refractivity contribution in [1.82, 2.24) is 5.32 Å². The molecule has 1 fully saturated rings. The zero-order chi connectivity index (χ0) is 11.5.